The summed E-state index contributed by atoms with van der Waals surface area (Å²) in [4.78, 5) is 92.5. The fraction of sp³-hybridized carbons (Fsp3) is 0.424. The molecule has 2 aliphatic rings. The molecule has 0 saturated carbocycles. The summed E-state index contributed by atoms with van der Waals surface area (Å²) in [5.74, 6) is -6.50. The number of aromatic nitrogens is 2. The minimum absolute atomic E-state index is 0.0515. The number of carboxylic acid groups (broad SMARTS) is 2. The molecular formula is C59H67F3N6O8. The summed E-state index contributed by atoms with van der Waals surface area (Å²) in [5, 5.41) is 26.0. The Kier molecular flexibility index (Phi) is 18.1. The van der Waals surface area contributed by atoms with Crippen molar-refractivity contribution in [2.75, 3.05) is 13.1 Å². The van der Waals surface area contributed by atoms with Crippen LogP contribution in [-0.4, -0.2) is 90.9 Å². The molecule has 402 valence electrons. The van der Waals surface area contributed by atoms with E-state index in [0.29, 0.717) is 41.5 Å². The molecule has 7 rings (SSSR count). The smallest absolute Gasteiger partial charge is 0.392 e. The number of rotatable bonds is 20. The fourth-order valence-corrected chi connectivity index (χ4v) is 10.9. The lowest BCUT2D eigenvalue weighted by atomic mass is 9.86. The Labute approximate surface area is 441 Å². The van der Waals surface area contributed by atoms with Crippen molar-refractivity contribution >= 4 is 35.6 Å². The average molecular weight is 1050 g/mol. The Morgan fingerprint density at radius 2 is 1.25 bits per heavy atom. The number of hydrogen-bond acceptors (Lipinski definition) is 8. The standard InChI is InChI=1S/C59H67F3N6O8/c1-34(2)23-49(67-22-21-46(26-51(67)70)59(60,61)62)57(75)65-47(27-52(71)72)43-25-45(32-64-30-43)55-38(6)11-8-12-40(55)19-15-39-16-20-50(69)68(33-39)56(41-17-13-35(3)14-18-41)58(76)66-48(28-53(73)74)42-24-44(31-63-29-42)54-36(4)9-7-10-37(54)5/h7-14,17-18,24-25,29-32,34,39,46-49,56H,15-16,19-23,26-28,33H2,1-6H3,(H,65,75)(H,66,76)(H,71,72)(H,73,74)/t39?,46?,47-,48-,49+,56-/m0/s1. The highest BCUT2D eigenvalue weighted by atomic mass is 19.4. The van der Waals surface area contributed by atoms with Crippen LogP contribution in [0.1, 0.15) is 128 Å². The number of benzene rings is 3. The molecule has 0 spiro atoms. The number of likely N-dealkylation sites (tertiary alicyclic amines) is 2. The summed E-state index contributed by atoms with van der Waals surface area (Å²) in [6, 6.07) is 18.5. The molecule has 2 aliphatic heterocycles. The molecule has 0 radical (unpaired) electrons. The third-order valence-electron chi connectivity index (χ3n) is 14.7. The van der Waals surface area contributed by atoms with Crippen LogP contribution < -0.4 is 10.6 Å². The van der Waals surface area contributed by atoms with Gasteiger partial charge in [0.25, 0.3) is 0 Å². The van der Waals surface area contributed by atoms with Crippen LogP contribution in [-0.2, 0) is 35.2 Å². The minimum Gasteiger partial charge on any atom is -0.481 e. The van der Waals surface area contributed by atoms with Crippen molar-refractivity contribution < 1.29 is 52.2 Å². The zero-order valence-corrected chi connectivity index (χ0v) is 43.8. The van der Waals surface area contributed by atoms with E-state index in [2.05, 4.69) is 20.6 Å². The van der Waals surface area contributed by atoms with E-state index in [1.165, 1.54) is 11.1 Å². The van der Waals surface area contributed by atoms with Crippen molar-refractivity contribution in [2.45, 2.75) is 130 Å². The Hall–Kier alpha value is -7.43. The highest BCUT2D eigenvalue weighted by Gasteiger charge is 2.46. The van der Waals surface area contributed by atoms with Gasteiger partial charge in [-0.05, 0) is 134 Å². The van der Waals surface area contributed by atoms with E-state index in [0.717, 1.165) is 44.5 Å². The first kappa shape index (κ1) is 56.3. The number of carbonyl (C=O) groups is 6. The molecule has 4 N–H and O–H groups in total. The first-order valence-corrected chi connectivity index (χ1v) is 25.9. The van der Waals surface area contributed by atoms with E-state index in [1.54, 1.807) is 29.6 Å². The maximum Gasteiger partial charge on any atom is 0.392 e. The molecule has 76 heavy (non-hydrogen) atoms. The maximum absolute atomic E-state index is 14.8. The third-order valence-corrected chi connectivity index (χ3v) is 14.7. The Morgan fingerprint density at radius 1 is 0.697 bits per heavy atom. The van der Waals surface area contributed by atoms with Crippen LogP contribution in [0.15, 0.2) is 97.6 Å². The molecule has 0 aliphatic carbocycles. The van der Waals surface area contributed by atoms with Gasteiger partial charge in [0.15, 0.2) is 0 Å². The van der Waals surface area contributed by atoms with E-state index in [4.69, 9.17) is 0 Å². The number of piperidine rings is 2. The Balaban J connectivity index is 1.11. The van der Waals surface area contributed by atoms with Crippen molar-refractivity contribution in [1.82, 2.24) is 30.4 Å². The van der Waals surface area contributed by atoms with Crippen molar-refractivity contribution in [3.05, 3.63) is 142 Å². The van der Waals surface area contributed by atoms with Gasteiger partial charge in [0.05, 0.1) is 30.8 Å². The van der Waals surface area contributed by atoms with Crippen molar-refractivity contribution in [3.63, 3.8) is 0 Å². The van der Waals surface area contributed by atoms with Crippen LogP contribution in [0.25, 0.3) is 22.3 Å². The van der Waals surface area contributed by atoms with Crippen LogP contribution in [0.4, 0.5) is 13.2 Å². The summed E-state index contributed by atoms with van der Waals surface area (Å²) in [6.07, 6.45) is 1.82. The molecule has 14 nitrogen and oxygen atoms in total. The van der Waals surface area contributed by atoms with Crippen LogP contribution >= 0.6 is 0 Å². The number of aliphatic carboxylic acids is 2. The van der Waals surface area contributed by atoms with Gasteiger partial charge in [0, 0.05) is 61.8 Å². The van der Waals surface area contributed by atoms with E-state index in [9.17, 15) is 52.2 Å². The summed E-state index contributed by atoms with van der Waals surface area (Å²) < 4.78 is 40.7. The second kappa shape index (κ2) is 24.5. The molecule has 2 aromatic heterocycles. The van der Waals surface area contributed by atoms with E-state index < -0.39 is 85.2 Å². The zero-order valence-electron chi connectivity index (χ0n) is 43.8. The molecule has 2 saturated heterocycles. The Morgan fingerprint density at radius 3 is 1.80 bits per heavy atom. The van der Waals surface area contributed by atoms with Gasteiger partial charge in [-0.15, -0.1) is 0 Å². The van der Waals surface area contributed by atoms with Crippen LogP contribution in [0.5, 0.6) is 0 Å². The van der Waals surface area contributed by atoms with Gasteiger partial charge >= 0.3 is 18.1 Å². The fourth-order valence-electron chi connectivity index (χ4n) is 10.9. The normalized spacial score (nSPS) is 17.7. The van der Waals surface area contributed by atoms with Gasteiger partial charge in [-0.25, -0.2) is 0 Å². The second-order valence-corrected chi connectivity index (χ2v) is 21.0. The summed E-state index contributed by atoms with van der Waals surface area (Å²) >= 11 is 0. The topological polar surface area (TPSA) is 199 Å². The third kappa shape index (κ3) is 13.9. The van der Waals surface area contributed by atoms with E-state index >= 15 is 0 Å². The summed E-state index contributed by atoms with van der Waals surface area (Å²) in [7, 11) is 0. The average Bonchev–Trinajstić information content (AvgIpc) is 3.37. The highest BCUT2D eigenvalue weighted by molar-refractivity contribution is 5.90. The van der Waals surface area contributed by atoms with Crippen molar-refractivity contribution in [2.24, 2.45) is 17.8 Å². The molecular weight excluding hydrogens is 978 g/mol. The predicted octanol–water partition coefficient (Wildman–Crippen LogP) is 10.1. The van der Waals surface area contributed by atoms with Crippen LogP contribution in [0.2, 0.25) is 0 Å². The molecule has 2 fully saturated rings. The van der Waals surface area contributed by atoms with Crippen molar-refractivity contribution in [3.8, 4) is 22.3 Å². The number of hydrogen-bond donors (Lipinski definition) is 4. The van der Waals surface area contributed by atoms with Gasteiger partial charge in [0.2, 0.25) is 23.6 Å². The van der Waals surface area contributed by atoms with Gasteiger partial charge in [-0.1, -0.05) is 80.1 Å². The Bertz CT molecular complexity index is 2920. The molecule has 5 aromatic rings. The number of carboxylic acids is 2. The monoisotopic (exact) mass is 1040 g/mol. The zero-order chi connectivity index (χ0) is 55.0. The molecule has 17 heteroatoms. The lowest BCUT2D eigenvalue weighted by Gasteiger charge is -2.38. The van der Waals surface area contributed by atoms with Gasteiger partial charge in [0.1, 0.15) is 12.1 Å². The number of aryl methyl sites for hydroxylation is 5. The van der Waals surface area contributed by atoms with E-state index in [1.807, 2.05) is 108 Å². The molecule has 2 unspecified atom stereocenters. The maximum atomic E-state index is 14.8. The minimum atomic E-state index is -4.55. The number of carbonyl (C=O) groups excluding carboxylic acids is 4. The second-order valence-electron chi connectivity index (χ2n) is 21.0. The van der Waals surface area contributed by atoms with Gasteiger partial charge in [-0.2, -0.15) is 13.2 Å². The largest absolute Gasteiger partial charge is 0.481 e. The number of pyridine rings is 2. The number of nitrogens with zero attached hydrogens (tertiary/aromatic N) is 4. The van der Waals surface area contributed by atoms with Crippen LogP contribution in [0.3, 0.4) is 0 Å². The summed E-state index contributed by atoms with van der Waals surface area (Å²) in [5.41, 5.74) is 9.54. The molecule has 3 aromatic carbocycles. The van der Waals surface area contributed by atoms with Gasteiger partial charge < -0.3 is 30.6 Å². The lowest BCUT2D eigenvalue weighted by molar-refractivity contribution is -0.191. The first-order chi connectivity index (χ1) is 36.1. The lowest BCUT2D eigenvalue weighted by Crippen LogP contribution is -2.54. The first-order valence-electron chi connectivity index (χ1n) is 25.9. The van der Waals surface area contributed by atoms with Crippen molar-refractivity contribution in [1.29, 1.82) is 0 Å². The number of alkyl halides is 3. The van der Waals surface area contributed by atoms with Gasteiger partial charge in [-0.3, -0.25) is 38.7 Å². The van der Waals surface area contributed by atoms with E-state index in [-0.39, 0.29) is 50.1 Å². The highest BCUT2D eigenvalue weighted by Crippen LogP contribution is 2.38. The molecule has 4 amide bonds. The predicted molar refractivity (Wildman–Crippen MR) is 280 cm³/mol. The summed E-state index contributed by atoms with van der Waals surface area (Å²) in [6.45, 7) is 11.5. The molecule has 0 bridgehead atoms. The molecule has 4 heterocycles. The number of nitrogens with one attached hydrogen (secondary N) is 2. The SMILES string of the molecule is Cc1ccc([C@@H](C(=O)N[C@@H](CC(=O)O)c2cncc(-c3c(C)cccc3C)c2)N2CC(CCc3cccc(C)c3-c3cncc([C@H](CC(=O)O)NC(=O)[C@@H](CC(C)C)N4CCC(C(F)(F)F)CC4=O)c3)CCC2=O)cc1. The number of halogens is 3. The quantitative estimate of drug-likeness (QED) is 0.0582. The van der Waals surface area contributed by atoms with Crippen LogP contribution in [0, 0.1) is 45.4 Å². The molecule has 6 atom stereocenters. The number of amides is 4.